The molecule has 0 aromatic rings. The van der Waals surface area contributed by atoms with Crippen molar-refractivity contribution in [1.29, 1.82) is 0 Å². The average Bonchev–Trinajstić information content (AvgIpc) is 2.00. The first-order valence-corrected chi connectivity index (χ1v) is 2.66. The number of hydrogen-bond acceptors (Lipinski definition) is 5. The maximum Gasteiger partial charge on any atom is 0.265 e. The van der Waals surface area contributed by atoms with E-state index < -0.39 is 24.0 Å². The van der Waals surface area contributed by atoms with E-state index in [9.17, 15) is 9.59 Å². The Morgan fingerprint density at radius 1 is 1.27 bits per heavy atom. The zero-order valence-electron chi connectivity index (χ0n) is 5.52. The van der Waals surface area contributed by atoms with Gasteiger partial charge in [0.05, 0.1) is 0 Å². The number of amides is 2. The van der Waals surface area contributed by atoms with Crippen molar-refractivity contribution >= 4 is 11.8 Å². The van der Waals surface area contributed by atoms with Crippen LogP contribution < -0.4 is 17.0 Å². The number of rotatable bonds is 3. The lowest BCUT2D eigenvalue weighted by atomic mass is 10.2. The van der Waals surface area contributed by atoms with Gasteiger partial charge in [0.1, 0.15) is 0 Å². The van der Waals surface area contributed by atoms with Gasteiger partial charge in [-0.05, 0) is 0 Å². The van der Waals surface area contributed by atoms with E-state index in [1.807, 2.05) is 0 Å². The van der Waals surface area contributed by atoms with Gasteiger partial charge in [-0.25, -0.2) is 5.84 Å². The Hall–Kier alpha value is -1.18. The molecule has 64 valence electrons. The Bertz CT molecular complexity index is 171. The fraction of sp³-hybridized carbons (Fsp3) is 0.500. The monoisotopic (exact) mass is 163 g/mol. The van der Waals surface area contributed by atoms with Gasteiger partial charge in [0.25, 0.3) is 5.91 Å². The molecule has 0 fully saturated rings. The van der Waals surface area contributed by atoms with Gasteiger partial charge in [-0.15, -0.1) is 0 Å². The smallest absolute Gasteiger partial charge is 0.265 e. The molecule has 11 heavy (non-hydrogen) atoms. The lowest BCUT2D eigenvalue weighted by Gasteiger charge is -2.11. The number of hydrazine groups is 1. The molecule has 0 aliphatic rings. The Labute approximate surface area is 61.9 Å². The molecule has 2 unspecified atom stereocenters. The zero-order chi connectivity index (χ0) is 9.02. The minimum Gasteiger partial charge on any atom is -0.380 e. The summed E-state index contributed by atoms with van der Waals surface area (Å²) in [6.45, 7) is 0. The summed E-state index contributed by atoms with van der Waals surface area (Å²) in [5.74, 6) is 2.32. The SMILES string of the molecule is NNC(=O)C(O)C(O)C(N)=O. The standard InChI is InChI=1S/C4H9N3O4/c5-3(10)1(8)2(9)4(11)7-6/h1-2,8-9H,6H2,(H2,5,10)(H,7,11). The van der Waals surface area contributed by atoms with Gasteiger partial charge in [0.15, 0.2) is 12.2 Å². The molecule has 0 aliphatic heterocycles. The molecule has 0 bridgehead atoms. The second kappa shape index (κ2) is 3.86. The van der Waals surface area contributed by atoms with Crippen molar-refractivity contribution in [2.45, 2.75) is 12.2 Å². The van der Waals surface area contributed by atoms with Crippen molar-refractivity contribution in [1.82, 2.24) is 5.43 Å². The number of aliphatic hydroxyl groups is 2. The van der Waals surface area contributed by atoms with Crippen LogP contribution in [0.15, 0.2) is 0 Å². The lowest BCUT2D eigenvalue weighted by molar-refractivity contribution is -0.144. The highest BCUT2D eigenvalue weighted by Crippen LogP contribution is 1.91. The van der Waals surface area contributed by atoms with E-state index in [1.165, 1.54) is 0 Å². The fourth-order valence-corrected chi connectivity index (χ4v) is 0.384. The van der Waals surface area contributed by atoms with Crippen molar-refractivity contribution in [2.75, 3.05) is 0 Å². The molecule has 0 saturated heterocycles. The lowest BCUT2D eigenvalue weighted by Crippen LogP contribution is -2.49. The minimum absolute atomic E-state index is 1.07. The Morgan fingerprint density at radius 2 is 1.73 bits per heavy atom. The molecule has 0 aromatic heterocycles. The van der Waals surface area contributed by atoms with Gasteiger partial charge in [0, 0.05) is 0 Å². The topological polar surface area (TPSA) is 139 Å². The molecule has 2 amide bonds. The van der Waals surface area contributed by atoms with Gasteiger partial charge >= 0.3 is 0 Å². The van der Waals surface area contributed by atoms with Gasteiger partial charge in [0.2, 0.25) is 5.91 Å². The van der Waals surface area contributed by atoms with Crippen molar-refractivity contribution in [2.24, 2.45) is 11.6 Å². The Balaban J connectivity index is 4.12. The quantitative estimate of drug-likeness (QED) is 0.165. The summed E-state index contributed by atoms with van der Waals surface area (Å²) in [5, 5.41) is 17.4. The number of hydrogen-bond donors (Lipinski definition) is 5. The molecular weight excluding hydrogens is 154 g/mol. The van der Waals surface area contributed by atoms with Crippen molar-refractivity contribution in [3.63, 3.8) is 0 Å². The molecule has 7 heteroatoms. The minimum atomic E-state index is -1.93. The second-order valence-electron chi connectivity index (χ2n) is 1.80. The summed E-state index contributed by atoms with van der Waals surface area (Å²) in [7, 11) is 0. The number of nitrogens with two attached hydrogens (primary N) is 2. The molecule has 0 rings (SSSR count). The summed E-state index contributed by atoms with van der Waals surface area (Å²) >= 11 is 0. The van der Waals surface area contributed by atoms with E-state index in [2.05, 4.69) is 11.6 Å². The van der Waals surface area contributed by atoms with Crippen LogP contribution in [0.3, 0.4) is 0 Å². The largest absolute Gasteiger partial charge is 0.380 e. The molecule has 0 spiro atoms. The predicted molar refractivity (Wildman–Crippen MR) is 33.5 cm³/mol. The van der Waals surface area contributed by atoms with E-state index in [0.717, 1.165) is 0 Å². The maximum absolute atomic E-state index is 10.4. The van der Waals surface area contributed by atoms with Crippen LogP contribution in [0.25, 0.3) is 0 Å². The highest BCUT2D eigenvalue weighted by atomic mass is 16.3. The van der Waals surface area contributed by atoms with Crippen LogP contribution in [0.2, 0.25) is 0 Å². The summed E-state index contributed by atoms with van der Waals surface area (Å²) in [4.78, 5) is 20.6. The van der Waals surface area contributed by atoms with E-state index in [0.29, 0.717) is 0 Å². The molecule has 0 heterocycles. The molecule has 7 nitrogen and oxygen atoms in total. The van der Waals surface area contributed by atoms with Gasteiger partial charge in [-0.2, -0.15) is 0 Å². The van der Waals surface area contributed by atoms with Crippen LogP contribution in [-0.4, -0.2) is 34.2 Å². The first-order valence-electron chi connectivity index (χ1n) is 2.66. The highest BCUT2D eigenvalue weighted by Gasteiger charge is 2.27. The van der Waals surface area contributed by atoms with Crippen LogP contribution in [0.4, 0.5) is 0 Å². The van der Waals surface area contributed by atoms with Crippen LogP contribution >= 0.6 is 0 Å². The van der Waals surface area contributed by atoms with Crippen LogP contribution in [-0.2, 0) is 9.59 Å². The van der Waals surface area contributed by atoms with Crippen molar-refractivity contribution < 1.29 is 19.8 Å². The van der Waals surface area contributed by atoms with Gasteiger partial charge in [-0.1, -0.05) is 0 Å². The first-order chi connectivity index (χ1) is 5.00. The van der Waals surface area contributed by atoms with Crippen LogP contribution in [0, 0.1) is 0 Å². The summed E-state index contributed by atoms with van der Waals surface area (Å²) < 4.78 is 0. The molecular formula is C4H9N3O4. The Morgan fingerprint density at radius 3 is 2.00 bits per heavy atom. The summed E-state index contributed by atoms with van der Waals surface area (Å²) in [6, 6.07) is 0. The Kier molecular flexibility index (Phi) is 3.45. The summed E-state index contributed by atoms with van der Waals surface area (Å²) in [5.41, 5.74) is 6.10. The molecule has 0 aliphatic carbocycles. The third-order valence-electron chi connectivity index (χ3n) is 1.00. The average molecular weight is 163 g/mol. The maximum atomic E-state index is 10.4. The first kappa shape index (κ1) is 9.82. The molecule has 7 N–H and O–H groups in total. The number of carbonyl (C=O) groups excluding carboxylic acids is 2. The molecule has 0 saturated carbocycles. The van der Waals surface area contributed by atoms with Crippen molar-refractivity contribution in [3.05, 3.63) is 0 Å². The van der Waals surface area contributed by atoms with Crippen LogP contribution in [0.1, 0.15) is 0 Å². The van der Waals surface area contributed by atoms with Crippen LogP contribution in [0.5, 0.6) is 0 Å². The number of primary amides is 1. The third kappa shape index (κ3) is 2.50. The zero-order valence-corrected chi connectivity index (χ0v) is 5.52. The fourth-order valence-electron chi connectivity index (χ4n) is 0.384. The number of aliphatic hydroxyl groups excluding tert-OH is 2. The van der Waals surface area contributed by atoms with Gasteiger partial charge in [-0.3, -0.25) is 15.0 Å². The molecule has 2 atom stereocenters. The van der Waals surface area contributed by atoms with E-state index in [-0.39, 0.29) is 0 Å². The molecule has 0 radical (unpaired) electrons. The second-order valence-corrected chi connectivity index (χ2v) is 1.80. The number of nitrogens with one attached hydrogen (secondary N) is 1. The van der Waals surface area contributed by atoms with E-state index >= 15 is 0 Å². The normalized spacial score (nSPS) is 15.2. The summed E-state index contributed by atoms with van der Waals surface area (Å²) in [6.07, 6.45) is -3.85. The number of carbonyl (C=O) groups is 2. The highest BCUT2D eigenvalue weighted by molar-refractivity contribution is 5.89. The van der Waals surface area contributed by atoms with Gasteiger partial charge < -0.3 is 15.9 Å². The van der Waals surface area contributed by atoms with E-state index in [1.54, 1.807) is 5.43 Å². The van der Waals surface area contributed by atoms with E-state index in [4.69, 9.17) is 10.2 Å². The molecule has 0 aromatic carbocycles. The predicted octanol–water partition coefficient (Wildman–Crippen LogP) is -3.82. The third-order valence-corrected chi connectivity index (χ3v) is 1.00. The van der Waals surface area contributed by atoms with Crippen molar-refractivity contribution in [3.8, 4) is 0 Å².